The molecule has 0 aromatic heterocycles. The van der Waals surface area contributed by atoms with Gasteiger partial charge in [-0.2, -0.15) is 0 Å². The zero-order chi connectivity index (χ0) is 17.6. The Hall–Kier alpha value is -3.40. The van der Waals surface area contributed by atoms with Gasteiger partial charge in [-0.3, -0.25) is 4.79 Å². The van der Waals surface area contributed by atoms with Crippen LogP contribution in [0.1, 0.15) is 15.9 Å². The van der Waals surface area contributed by atoms with Crippen molar-refractivity contribution in [2.24, 2.45) is 0 Å². The van der Waals surface area contributed by atoms with Gasteiger partial charge in [-0.1, -0.05) is 42.5 Å². The number of carbonyl (C=O) groups excluding carboxylic acids is 1. The molecule has 25 heavy (non-hydrogen) atoms. The van der Waals surface area contributed by atoms with E-state index in [9.17, 15) is 14.3 Å². The molecule has 0 atom stereocenters. The fourth-order valence-corrected chi connectivity index (χ4v) is 2.36. The number of halogens is 1. The molecule has 0 fully saturated rings. The first-order valence-electron chi connectivity index (χ1n) is 7.75. The molecule has 0 unspecified atom stereocenters. The lowest BCUT2D eigenvalue weighted by Crippen LogP contribution is -2.04. The van der Waals surface area contributed by atoms with E-state index in [1.54, 1.807) is 24.3 Å². The van der Waals surface area contributed by atoms with Crippen LogP contribution < -0.4 is 5.32 Å². The smallest absolute Gasteiger partial charge is 0.187 e. The number of nitrogens with one attached hydrogen (secondary N) is 1. The second-order valence-corrected chi connectivity index (χ2v) is 5.44. The molecular weight excluding hydrogens is 317 g/mol. The van der Waals surface area contributed by atoms with Crippen LogP contribution in [0.2, 0.25) is 0 Å². The molecule has 3 aromatic rings. The summed E-state index contributed by atoms with van der Waals surface area (Å²) in [6.07, 6.45) is 1.44. The standard InChI is InChI=1S/C21H16FNO2/c22-17-12-10-16(11-13-17)21(25)14-19(15-6-2-1-3-7-15)23-18-8-4-5-9-20(18)24/h1-14,23-24H/b19-14-. The second-order valence-electron chi connectivity index (χ2n) is 5.44. The minimum Gasteiger partial charge on any atom is -0.506 e. The maximum atomic E-state index is 13.0. The van der Waals surface area contributed by atoms with Crippen molar-refractivity contribution in [3.63, 3.8) is 0 Å². The predicted molar refractivity (Wildman–Crippen MR) is 96.9 cm³/mol. The van der Waals surface area contributed by atoms with Gasteiger partial charge in [0.15, 0.2) is 5.78 Å². The summed E-state index contributed by atoms with van der Waals surface area (Å²) in [6, 6.07) is 21.5. The van der Waals surface area contributed by atoms with Crippen LogP contribution >= 0.6 is 0 Å². The number of carbonyl (C=O) groups is 1. The zero-order valence-corrected chi connectivity index (χ0v) is 13.3. The SMILES string of the molecule is O=C(/C=C(\Nc1ccccc1O)c1ccccc1)c1ccc(F)cc1. The van der Waals surface area contributed by atoms with Gasteiger partial charge in [0.05, 0.1) is 5.69 Å². The number of benzene rings is 3. The monoisotopic (exact) mass is 333 g/mol. The average molecular weight is 333 g/mol. The average Bonchev–Trinajstić information content (AvgIpc) is 2.64. The van der Waals surface area contributed by atoms with Crippen LogP contribution in [0.5, 0.6) is 5.75 Å². The third kappa shape index (κ3) is 4.12. The number of aromatic hydroxyl groups is 1. The minimum absolute atomic E-state index is 0.0820. The van der Waals surface area contributed by atoms with E-state index < -0.39 is 5.82 Å². The Labute approximate surface area is 145 Å². The maximum absolute atomic E-state index is 13.0. The van der Waals surface area contributed by atoms with Crippen LogP contribution in [0.25, 0.3) is 5.70 Å². The van der Waals surface area contributed by atoms with Crippen LogP contribution in [0.4, 0.5) is 10.1 Å². The highest BCUT2D eigenvalue weighted by atomic mass is 19.1. The highest BCUT2D eigenvalue weighted by molar-refractivity contribution is 6.09. The Balaban J connectivity index is 1.97. The Kier molecular flexibility index (Phi) is 4.90. The molecule has 3 aromatic carbocycles. The van der Waals surface area contributed by atoms with Gasteiger partial charge in [0.1, 0.15) is 11.6 Å². The second kappa shape index (κ2) is 7.45. The van der Waals surface area contributed by atoms with Crippen molar-refractivity contribution in [3.05, 3.63) is 102 Å². The summed E-state index contributed by atoms with van der Waals surface area (Å²) in [5.41, 5.74) is 2.20. The lowest BCUT2D eigenvalue weighted by atomic mass is 10.1. The molecule has 0 aliphatic rings. The van der Waals surface area contributed by atoms with Crippen molar-refractivity contribution >= 4 is 17.2 Å². The first-order chi connectivity index (χ1) is 12.1. The van der Waals surface area contributed by atoms with E-state index in [2.05, 4.69) is 5.32 Å². The molecule has 0 bridgehead atoms. The van der Waals surface area contributed by atoms with Crippen LogP contribution in [-0.4, -0.2) is 10.9 Å². The maximum Gasteiger partial charge on any atom is 0.187 e. The summed E-state index contributed by atoms with van der Waals surface area (Å²) in [6.45, 7) is 0. The van der Waals surface area contributed by atoms with Gasteiger partial charge < -0.3 is 10.4 Å². The summed E-state index contributed by atoms with van der Waals surface area (Å²) >= 11 is 0. The number of allylic oxidation sites excluding steroid dienone is 1. The minimum atomic E-state index is -0.392. The fraction of sp³-hybridized carbons (Fsp3) is 0. The number of anilines is 1. The van der Waals surface area contributed by atoms with Gasteiger partial charge in [-0.25, -0.2) is 4.39 Å². The molecule has 0 spiro atoms. The van der Waals surface area contributed by atoms with Gasteiger partial charge in [0.25, 0.3) is 0 Å². The molecular formula is C21H16FNO2. The number of phenolic OH excluding ortho intramolecular Hbond substituents is 1. The third-order valence-corrected chi connectivity index (χ3v) is 3.66. The number of hydrogen-bond acceptors (Lipinski definition) is 3. The van der Waals surface area contributed by atoms with Crippen molar-refractivity contribution in [2.75, 3.05) is 5.32 Å². The Morgan fingerprint density at radius 2 is 1.48 bits per heavy atom. The number of ketones is 1. The molecule has 0 aliphatic carbocycles. The Morgan fingerprint density at radius 3 is 2.16 bits per heavy atom. The molecule has 3 rings (SSSR count). The molecule has 0 saturated heterocycles. The van der Waals surface area contributed by atoms with Crippen molar-refractivity contribution in [3.8, 4) is 5.75 Å². The van der Waals surface area contributed by atoms with E-state index in [0.29, 0.717) is 16.9 Å². The van der Waals surface area contributed by atoms with Gasteiger partial charge in [0, 0.05) is 17.3 Å². The van der Waals surface area contributed by atoms with Crippen LogP contribution in [-0.2, 0) is 0 Å². The highest BCUT2D eigenvalue weighted by Crippen LogP contribution is 2.26. The van der Waals surface area contributed by atoms with Gasteiger partial charge in [-0.05, 0) is 42.0 Å². The summed E-state index contributed by atoms with van der Waals surface area (Å²) in [5, 5.41) is 13.1. The Bertz CT molecular complexity index is 903. The lowest BCUT2D eigenvalue weighted by Gasteiger charge is -2.13. The molecule has 3 nitrogen and oxygen atoms in total. The summed E-state index contributed by atoms with van der Waals surface area (Å²) in [4.78, 5) is 12.5. The molecule has 0 amide bonds. The van der Waals surface area contributed by atoms with E-state index in [-0.39, 0.29) is 11.5 Å². The van der Waals surface area contributed by atoms with Crippen LogP contribution in [0.15, 0.2) is 84.9 Å². The quantitative estimate of drug-likeness (QED) is 0.398. The first-order valence-corrected chi connectivity index (χ1v) is 7.75. The summed E-state index contributed by atoms with van der Waals surface area (Å²) < 4.78 is 13.0. The predicted octanol–water partition coefficient (Wildman–Crippen LogP) is 4.87. The largest absolute Gasteiger partial charge is 0.506 e. The first kappa shape index (κ1) is 16.5. The molecule has 0 heterocycles. The van der Waals surface area contributed by atoms with Gasteiger partial charge >= 0.3 is 0 Å². The van der Waals surface area contributed by atoms with Crippen LogP contribution in [0, 0.1) is 5.82 Å². The molecule has 0 saturated carbocycles. The van der Waals surface area contributed by atoms with E-state index in [4.69, 9.17) is 0 Å². The topological polar surface area (TPSA) is 49.3 Å². The molecule has 0 aliphatic heterocycles. The fourth-order valence-electron chi connectivity index (χ4n) is 2.36. The van der Waals surface area contributed by atoms with Crippen LogP contribution in [0.3, 0.4) is 0 Å². The number of rotatable bonds is 5. The molecule has 4 heteroatoms. The number of phenols is 1. The Morgan fingerprint density at radius 1 is 0.840 bits per heavy atom. The van der Waals surface area contributed by atoms with Crippen molar-refractivity contribution in [1.29, 1.82) is 0 Å². The van der Waals surface area contributed by atoms with Crippen molar-refractivity contribution in [1.82, 2.24) is 0 Å². The van der Waals surface area contributed by atoms with Gasteiger partial charge in [-0.15, -0.1) is 0 Å². The summed E-state index contributed by atoms with van der Waals surface area (Å²) in [7, 11) is 0. The lowest BCUT2D eigenvalue weighted by molar-refractivity contribution is 0.104. The summed E-state index contributed by atoms with van der Waals surface area (Å²) in [5.74, 6) is -0.573. The molecule has 124 valence electrons. The van der Waals surface area contributed by atoms with Crippen molar-refractivity contribution in [2.45, 2.75) is 0 Å². The normalized spacial score (nSPS) is 11.2. The highest BCUT2D eigenvalue weighted by Gasteiger charge is 2.09. The molecule has 2 N–H and O–H groups in total. The number of hydrogen-bond donors (Lipinski definition) is 2. The van der Waals surface area contributed by atoms with E-state index >= 15 is 0 Å². The third-order valence-electron chi connectivity index (χ3n) is 3.66. The molecule has 0 radical (unpaired) electrons. The van der Waals surface area contributed by atoms with E-state index in [0.717, 1.165) is 5.56 Å². The zero-order valence-electron chi connectivity index (χ0n) is 13.3. The van der Waals surface area contributed by atoms with Crippen molar-refractivity contribution < 1.29 is 14.3 Å². The van der Waals surface area contributed by atoms with Gasteiger partial charge in [0.2, 0.25) is 0 Å². The van der Waals surface area contributed by atoms with E-state index in [1.165, 1.54) is 30.3 Å². The van der Waals surface area contributed by atoms with E-state index in [1.807, 2.05) is 30.3 Å². The number of para-hydroxylation sites is 2.